The molecule has 1 amide bonds. The number of benzene rings is 1. The number of unbranched alkanes of at least 4 members (excludes halogenated alkanes) is 8. The molecule has 1 N–H and O–H groups in total. The van der Waals surface area contributed by atoms with Gasteiger partial charge in [-0.1, -0.05) is 95.9 Å². The first-order valence-corrected chi connectivity index (χ1v) is 10.6. The van der Waals surface area contributed by atoms with Crippen LogP contribution in [0, 0.1) is 0 Å². The average Bonchev–Trinajstić information content (AvgIpc) is 2.65. The molecule has 0 saturated heterocycles. The van der Waals surface area contributed by atoms with Gasteiger partial charge in [0.2, 0.25) is 5.91 Å². The number of hydrogen-bond acceptors (Lipinski definition) is 2. The lowest BCUT2D eigenvalue weighted by molar-refractivity contribution is -0.121. The van der Waals surface area contributed by atoms with Crippen molar-refractivity contribution in [2.75, 3.05) is 0 Å². The molecular weight excluding hydrogens is 320 g/mol. The Morgan fingerprint density at radius 2 is 1.42 bits per heavy atom. The lowest BCUT2D eigenvalue weighted by Gasteiger charge is -2.05. The molecule has 1 aromatic rings. The molecular formula is C23H38N2O. The predicted octanol–water partition coefficient (Wildman–Crippen LogP) is 6.40. The van der Waals surface area contributed by atoms with E-state index in [1.807, 2.05) is 6.92 Å². The van der Waals surface area contributed by atoms with E-state index in [0.29, 0.717) is 6.42 Å². The monoisotopic (exact) mass is 358 g/mol. The highest BCUT2D eigenvalue weighted by Crippen LogP contribution is 2.11. The zero-order valence-corrected chi connectivity index (χ0v) is 17.2. The molecule has 146 valence electrons. The maximum atomic E-state index is 11.9. The van der Waals surface area contributed by atoms with Gasteiger partial charge >= 0.3 is 0 Å². The van der Waals surface area contributed by atoms with Crippen LogP contribution in [-0.4, -0.2) is 11.6 Å². The maximum absolute atomic E-state index is 11.9. The van der Waals surface area contributed by atoms with Crippen molar-refractivity contribution >= 4 is 11.6 Å². The van der Waals surface area contributed by atoms with Crippen LogP contribution in [0.15, 0.2) is 29.4 Å². The Balaban J connectivity index is 2.15. The molecule has 0 fully saturated rings. The van der Waals surface area contributed by atoms with Crippen LogP contribution in [0.3, 0.4) is 0 Å². The third kappa shape index (κ3) is 10.4. The zero-order chi connectivity index (χ0) is 19.0. The van der Waals surface area contributed by atoms with Crippen molar-refractivity contribution in [2.24, 2.45) is 5.10 Å². The van der Waals surface area contributed by atoms with E-state index in [1.165, 1.54) is 50.5 Å². The van der Waals surface area contributed by atoms with Crippen LogP contribution in [0.25, 0.3) is 0 Å². The molecule has 0 aromatic heterocycles. The molecule has 3 heteroatoms. The van der Waals surface area contributed by atoms with Gasteiger partial charge in [-0.3, -0.25) is 4.79 Å². The average molecular weight is 359 g/mol. The standard InChI is InChI=1S/C23H38N2O/c1-4-6-7-8-9-10-11-12-13-15-23(26)25-24-20(3)22-18-16-21(14-5-2)17-19-22/h16-19H,4-15H2,1-3H3,(H,25,26). The third-order valence-electron chi connectivity index (χ3n) is 4.77. The Bertz CT molecular complexity index is 520. The van der Waals surface area contributed by atoms with Crippen LogP contribution in [-0.2, 0) is 11.2 Å². The number of hydrogen-bond donors (Lipinski definition) is 1. The minimum absolute atomic E-state index is 0.0231. The van der Waals surface area contributed by atoms with E-state index in [4.69, 9.17) is 0 Å². The van der Waals surface area contributed by atoms with Crippen molar-refractivity contribution < 1.29 is 4.79 Å². The summed E-state index contributed by atoms with van der Waals surface area (Å²) in [5, 5.41) is 4.24. The lowest BCUT2D eigenvalue weighted by Crippen LogP contribution is -2.18. The van der Waals surface area contributed by atoms with E-state index in [9.17, 15) is 4.79 Å². The fourth-order valence-corrected chi connectivity index (χ4v) is 3.06. The highest BCUT2D eigenvalue weighted by Gasteiger charge is 2.02. The highest BCUT2D eigenvalue weighted by molar-refractivity contribution is 5.99. The molecule has 0 aliphatic carbocycles. The van der Waals surface area contributed by atoms with Crippen LogP contribution >= 0.6 is 0 Å². The summed E-state index contributed by atoms with van der Waals surface area (Å²) < 4.78 is 0. The van der Waals surface area contributed by atoms with Gasteiger partial charge in [0.25, 0.3) is 0 Å². The Kier molecular flexibility index (Phi) is 12.5. The number of hydrazone groups is 1. The summed E-state index contributed by atoms with van der Waals surface area (Å²) in [6, 6.07) is 8.44. The Hall–Kier alpha value is -1.64. The number of aryl methyl sites for hydroxylation is 1. The van der Waals surface area contributed by atoms with E-state index in [-0.39, 0.29) is 5.91 Å². The molecule has 0 heterocycles. The van der Waals surface area contributed by atoms with Gasteiger partial charge < -0.3 is 0 Å². The van der Waals surface area contributed by atoms with Gasteiger partial charge in [0, 0.05) is 6.42 Å². The SMILES string of the molecule is CCCCCCCCCCCC(=O)NN=C(C)c1ccc(CCC)cc1. The van der Waals surface area contributed by atoms with Crippen molar-refractivity contribution in [2.45, 2.75) is 97.8 Å². The van der Waals surface area contributed by atoms with Crippen molar-refractivity contribution in [1.82, 2.24) is 5.43 Å². The number of nitrogens with one attached hydrogen (secondary N) is 1. The van der Waals surface area contributed by atoms with E-state index in [1.54, 1.807) is 0 Å². The predicted molar refractivity (Wildman–Crippen MR) is 113 cm³/mol. The minimum Gasteiger partial charge on any atom is -0.273 e. The summed E-state index contributed by atoms with van der Waals surface area (Å²) >= 11 is 0. The number of carbonyl (C=O) groups is 1. The van der Waals surface area contributed by atoms with Crippen molar-refractivity contribution in [1.29, 1.82) is 0 Å². The Morgan fingerprint density at radius 1 is 0.846 bits per heavy atom. The van der Waals surface area contributed by atoms with Gasteiger partial charge in [-0.2, -0.15) is 5.10 Å². The van der Waals surface area contributed by atoms with Crippen LogP contribution in [0.2, 0.25) is 0 Å². The van der Waals surface area contributed by atoms with Crippen LogP contribution < -0.4 is 5.43 Å². The molecule has 1 rings (SSSR count). The molecule has 26 heavy (non-hydrogen) atoms. The second-order valence-electron chi connectivity index (χ2n) is 7.26. The largest absolute Gasteiger partial charge is 0.273 e. The molecule has 0 radical (unpaired) electrons. The van der Waals surface area contributed by atoms with Gasteiger partial charge in [-0.25, -0.2) is 5.43 Å². The van der Waals surface area contributed by atoms with Gasteiger partial charge in [0.05, 0.1) is 5.71 Å². The number of carbonyl (C=O) groups excluding carboxylic acids is 1. The van der Waals surface area contributed by atoms with E-state index < -0.39 is 0 Å². The number of amides is 1. The molecule has 3 nitrogen and oxygen atoms in total. The minimum atomic E-state index is 0.0231. The highest BCUT2D eigenvalue weighted by atomic mass is 16.2. The summed E-state index contributed by atoms with van der Waals surface area (Å²) in [5.74, 6) is 0.0231. The van der Waals surface area contributed by atoms with E-state index >= 15 is 0 Å². The van der Waals surface area contributed by atoms with E-state index in [0.717, 1.165) is 37.0 Å². The fourth-order valence-electron chi connectivity index (χ4n) is 3.06. The fraction of sp³-hybridized carbons (Fsp3) is 0.652. The Labute approximate surface area is 160 Å². The number of rotatable bonds is 14. The molecule has 0 aliphatic rings. The summed E-state index contributed by atoms with van der Waals surface area (Å²) in [6.45, 7) is 6.37. The first kappa shape index (κ1) is 22.4. The summed E-state index contributed by atoms with van der Waals surface area (Å²) in [6.07, 6.45) is 14.2. The maximum Gasteiger partial charge on any atom is 0.240 e. The van der Waals surface area contributed by atoms with Gasteiger partial charge in [-0.15, -0.1) is 0 Å². The molecule has 1 aromatic carbocycles. The van der Waals surface area contributed by atoms with Gasteiger partial charge in [-0.05, 0) is 30.9 Å². The molecule has 0 saturated carbocycles. The lowest BCUT2D eigenvalue weighted by atomic mass is 10.1. The van der Waals surface area contributed by atoms with Crippen molar-refractivity contribution in [3.63, 3.8) is 0 Å². The van der Waals surface area contributed by atoms with Crippen molar-refractivity contribution in [3.05, 3.63) is 35.4 Å². The molecule has 0 aliphatic heterocycles. The smallest absolute Gasteiger partial charge is 0.240 e. The number of nitrogens with zero attached hydrogens (tertiary/aromatic N) is 1. The topological polar surface area (TPSA) is 41.5 Å². The zero-order valence-electron chi connectivity index (χ0n) is 17.2. The van der Waals surface area contributed by atoms with Gasteiger partial charge in [0.1, 0.15) is 0 Å². The molecule has 0 atom stereocenters. The first-order chi connectivity index (χ1) is 12.7. The second-order valence-corrected chi connectivity index (χ2v) is 7.26. The summed E-state index contributed by atoms with van der Waals surface area (Å²) in [5.41, 5.74) is 5.96. The second kappa shape index (κ2) is 14.5. The summed E-state index contributed by atoms with van der Waals surface area (Å²) in [7, 11) is 0. The van der Waals surface area contributed by atoms with Crippen LogP contribution in [0.4, 0.5) is 0 Å². The van der Waals surface area contributed by atoms with Crippen LogP contribution in [0.1, 0.15) is 103 Å². The Morgan fingerprint density at radius 3 is 2.00 bits per heavy atom. The summed E-state index contributed by atoms with van der Waals surface area (Å²) in [4.78, 5) is 11.9. The quantitative estimate of drug-likeness (QED) is 0.233. The molecule has 0 bridgehead atoms. The van der Waals surface area contributed by atoms with Crippen LogP contribution in [0.5, 0.6) is 0 Å². The van der Waals surface area contributed by atoms with Crippen molar-refractivity contribution in [3.8, 4) is 0 Å². The first-order valence-electron chi connectivity index (χ1n) is 10.6. The normalized spacial score (nSPS) is 11.6. The van der Waals surface area contributed by atoms with Gasteiger partial charge in [0.15, 0.2) is 0 Å². The molecule has 0 spiro atoms. The molecule has 0 unspecified atom stereocenters. The van der Waals surface area contributed by atoms with E-state index in [2.05, 4.69) is 48.6 Å². The third-order valence-corrected chi connectivity index (χ3v) is 4.77.